The van der Waals surface area contributed by atoms with Crippen molar-refractivity contribution in [3.63, 3.8) is 0 Å². The van der Waals surface area contributed by atoms with Crippen molar-refractivity contribution in [1.29, 1.82) is 0 Å². The van der Waals surface area contributed by atoms with E-state index in [2.05, 4.69) is 31.3 Å². The van der Waals surface area contributed by atoms with Crippen LogP contribution in [-0.4, -0.2) is 33.2 Å². The van der Waals surface area contributed by atoms with Crippen LogP contribution < -0.4 is 9.64 Å². The van der Waals surface area contributed by atoms with E-state index >= 15 is 0 Å². The first-order chi connectivity index (χ1) is 9.19. The summed E-state index contributed by atoms with van der Waals surface area (Å²) < 4.78 is 7.41. The fraction of sp³-hybridized carbons (Fsp3) is 0.462. The zero-order chi connectivity index (χ0) is 13.4. The predicted octanol–water partition coefficient (Wildman–Crippen LogP) is 1.32. The quantitative estimate of drug-likeness (QED) is 0.814. The molecule has 0 aromatic carbocycles. The number of anilines is 1. The number of nitrogens with zero attached hydrogens (tertiary/aromatic N) is 5. The molecule has 0 fully saturated rings. The fourth-order valence-electron chi connectivity index (χ4n) is 2.38. The molecule has 6 nitrogen and oxygen atoms in total. The van der Waals surface area contributed by atoms with Gasteiger partial charge >= 0.3 is 0 Å². The maximum absolute atomic E-state index is 5.14. The van der Waals surface area contributed by atoms with Crippen LogP contribution in [0.2, 0.25) is 0 Å². The lowest BCUT2D eigenvalue weighted by Gasteiger charge is -2.28. The first kappa shape index (κ1) is 12.0. The number of hydrogen-bond donors (Lipinski definition) is 0. The molecule has 0 spiro atoms. The number of aromatic nitrogens is 4. The summed E-state index contributed by atoms with van der Waals surface area (Å²) in [6.45, 7) is 6.71. The minimum atomic E-state index is 0.589. The third-order valence-corrected chi connectivity index (χ3v) is 3.57. The molecule has 0 unspecified atom stereocenters. The van der Waals surface area contributed by atoms with Gasteiger partial charge in [0.25, 0.3) is 0 Å². The summed E-state index contributed by atoms with van der Waals surface area (Å²) in [6, 6.07) is 1.75. The summed E-state index contributed by atoms with van der Waals surface area (Å²) in [5.41, 5.74) is 2.35. The van der Waals surface area contributed by atoms with Crippen molar-refractivity contribution >= 4 is 5.95 Å². The Morgan fingerprint density at radius 3 is 2.84 bits per heavy atom. The smallest absolute Gasteiger partial charge is 0.229 e. The van der Waals surface area contributed by atoms with Crippen LogP contribution in [0.5, 0.6) is 5.88 Å². The lowest BCUT2D eigenvalue weighted by atomic mass is 10.3. The van der Waals surface area contributed by atoms with Crippen LogP contribution in [0.15, 0.2) is 12.3 Å². The van der Waals surface area contributed by atoms with Crippen molar-refractivity contribution in [2.24, 2.45) is 0 Å². The Balaban J connectivity index is 1.89. The molecule has 1 aliphatic heterocycles. The molecule has 0 radical (unpaired) electrons. The minimum Gasteiger partial charge on any atom is -0.481 e. The molecule has 0 saturated heterocycles. The van der Waals surface area contributed by atoms with Crippen LogP contribution in [0.4, 0.5) is 5.95 Å². The van der Waals surface area contributed by atoms with E-state index in [1.165, 1.54) is 5.69 Å². The summed E-state index contributed by atoms with van der Waals surface area (Å²) in [7, 11) is 1.61. The topological polar surface area (TPSA) is 56.1 Å². The van der Waals surface area contributed by atoms with Gasteiger partial charge in [-0.2, -0.15) is 4.98 Å². The van der Waals surface area contributed by atoms with Gasteiger partial charge < -0.3 is 14.2 Å². The van der Waals surface area contributed by atoms with Crippen LogP contribution in [0.25, 0.3) is 0 Å². The van der Waals surface area contributed by atoms with Crippen molar-refractivity contribution in [1.82, 2.24) is 19.5 Å². The Bertz CT molecular complexity index is 607. The molecule has 0 bridgehead atoms. The summed E-state index contributed by atoms with van der Waals surface area (Å²) in [4.78, 5) is 15.4. The van der Waals surface area contributed by atoms with E-state index in [0.717, 1.165) is 31.2 Å². The molecule has 19 heavy (non-hydrogen) atoms. The molecule has 0 aliphatic carbocycles. The number of rotatable bonds is 2. The van der Waals surface area contributed by atoms with Crippen LogP contribution in [0, 0.1) is 13.8 Å². The standard InChI is InChI=1S/C13H17N5O/c1-9-10(2)18-7-6-17(8-11(18)15-9)13-14-5-4-12(16-13)19-3/h4-5H,6-8H2,1-3H3. The molecule has 0 saturated carbocycles. The summed E-state index contributed by atoms with van der Waals surface area (Å²) in [6.07, 6.45) is 1.72. The number of ether oxygens (including phenoxy) is 1. The van der Waals surface area contributed by atoms with Gasteiger partial charge in [-0.15, -0.1) is 0 Å². The van der Waals surface area contributed by atoms with Gasteiger partial charge in [-0.1, -0.05) is 0 Å². The molecule has 100 valence electrons. The number of aryl methyl sites for hydroxylation is 1. The van der Waals surface area contributed by atoms with Crippen molar-refractivity contribution < 1.29 is 4.74 Å². The highest BCUT2D eigenvalue weighted by Crippen LogP contribution is 2.21. The zero-order valence-corrected chi connectivity index (χ0v) is 11.4. The molecule has 3 rings (SSSR count). The van der Waals surface area contributed by atoms with Crippen molar-refractivity contribution in [2.75, 3.05) is 18.6 Å². The van der Waals surface area contributed by atoms with Crippen LogP contribution in [0.3, 0.4) is 0 Å². The molecule has 2 aromatic rings. The molecule has 2 aromatic heterocycles. The highest BCUT2D eigenvalue weighted by molar-refractivity contribution is 5.34. The average molecular weight is 259 g/mol. The van der Waals surface area contributed by atoms with Crippen molar-refractivity contribution in [2.45, 2.75) is 26.9 Å². The van der Waals surface area contributed by atoms with Gasteiger partial charge in [0, 0.05) is 31.0 Å². The molecule has 0 amide bonds. The second kappa shape index (κ2) is 4.53. The zero-order valence-electron chi connectivity index (χ0n) is 11.4. The monoisotopic (exact) mass is 259 g/mol. The molecule has 3 heterocycles. The molecule has 1 aliphatic rings. The van der Waals surface area contributed by atoms with Crippen molar-refractivity contribution in [3.8, 4) is 5.88 Å². The summed E-state index contributed by atoms with van der Waals surface area (Å²) >= 11 is 0. The fourth-order valence-corrected chi connectivity index (χ4v) is 2.38. The van der Waals surface area contributed by atoms with Gasteiger partial charge in [0.05, 0.1) is 19.3 Å². The van der Waals surface area contributed by atoms with E-state index in [4.69, 9.17) is 4.74 Å². The SMILES string of the molecule is COc1ccnc(N2CCn3c(nc(C)c3C)C2)n1. The Kier molecular flexibility index (Phi) is 2.85. The lowest BCUT2D eigenvalue weighted by Crippen LogP contribution is -2.35. The highest BCUT2D eigenvalue weighted by atomic mass is 16.5. The Morgan fingerprint density at radius 1 is 1.21 bits per heavy atom. The van der Waals surface area contributed by atoms with Gasteiger partial charge in [-0.25, -0.2) is 9.97 Å². The minimum absolute atomic E-state index is 0.589. The third-order valence-electron chi connectivity index (χ3n) is 3.57. The Hall–Kier alpha value is -2.11. The van der Waals surface area contributed by atoms with Gasteiger partial charge in [-0.05, 0) is 13.8 Å². The maximum Gasteiger partial charge on any atom is 0.229 e. The van der Waals surface area contributed by atoms with E-state index in [-0.39, 0.29) is 0 Å². The molecule has 0 N–H and O–H groups in total. The van der Waals surface area contributed by atoms with Gasteiger partial charge in [0.1, 0.15) is 5.82 Å². The van der Waals surface area contributed by atoms with Crippen LogP contribution in [0.1, 0.15) is 17.2 Å². The van der Waals surface area contributed by atoms with E-state index in [1.54, 1.807) is 19.4 Å². The number of fused-ring (bicyclic) bond motifs is 1. The number of methoxy groups -OCH3 is 1. The van der Waals surface area contributed by atoms with Gasteiger partial charge in [0.2, 0.25) is 11.8 Å². The van der Waals surface area contributed by atoms with Crippen molar-refractivity contribution in [3.05, 3.63) is 29.5 Å². The molecule has 0 atom stereocenters. The van der Waals surface area contributed by atoms with Gasteiger partial charge in [0.15, 0.2) is 0 Å². The highest BCUT2D eigenvalue weighted by Gasteiger charge is 2.22. The van der Waals surface area contributed by atoms with Crippen LogP contribution in [-0.2, 0) is 13.1 Å². The summed E-state index contributed by atoms with van der Waals surface area (Å²) in [5.74, 6) is 2.36. The molecular formula is C13H17N5O. The maximum atomic E-state index is 5.14. The van der Waals surface area contributed by atoms with E-state index in [0.29, 0.717) is 11.8 Å². The first-order valence-corrected chi connectivity index (χ1v) is 6.33. The molecule has 6 heteroatoms. The second-order valence-corrected chi connectivity index (χ2v) is 4.67. The number of hydrogen-bond acceptors (Lipinski definition) is 5. The van der Waals surface area contributed by atoms with Gasteiger partial charge in [-0.3, -0.25) is 0 Å². The lowest BCUT2D eigenvalue weighted by molar-refractivity contribution is 0.396. The molecular weight excluding hydrogens is 242 g/mol. The van der Waals surface area contributed by atoms with E-state index in [1.807, 2.05) is 6.92 Å². The Morgan fingerprint density at radius 2 is 2.05 bits per heavy atom. The van der Waals surface area contributed by atoms with Crippen LogP contribution >= 0.6 is 0 Å². The Labute approximate surface area is 112 Å². The predicted molar refractivity (Wildman–Crippen MR) is 71.3 cm³/mol. The first-order valence-electron chi connectivity index (χ1n) is 6.33. The largest absolute Gasteiger partial charge is 0.481 e. The average Bonchev–Trinajstić information content (AvgIpc) is 2.73. The van der Waals surface area contributed by atoms with E-state index in [9.17, 15) is 0 Å². The number of imidazole rings is 1. The van der Waals surface area contributed by atoms with E-state index < -0.39 is 0 Å². The second-order valence-electron chi connectivity index (χ2n) is 4.67. The third kappa shape index (κ3) is 2.03. The summed E-state index contributed by atoms with van der Waals surface area (Å²) in [5, 5.41) is 0. The normalized spacial score (nSPS) is 14.4.